The highest BCUT2D eigenvalue weighted by Crippen LogP contribution is 2.20. The van der Waals surface area contributed by atoms with Crippen molar-refractivity contribution in [1.82, 2.24) is 4.31 Å². The largest absolute Gasteiger partial charge is 0.284 e. The minimum Gasteiger partial charge on any atom is -0.284 e. The molecule has 3 nitrogen and oxygen atoms in total. The lowest BCUT2D eigenvalue weighted by Crippen LogP contribution is -2.18. The molecule has 26 heavy (non-hydrogen) atoms. The molecule has 0 radical (unpaired) electrons. The van der Waals surface area contributed by atoms with Crippen LogP contribution in [0.4, 0.5) is 0 Å². The number of rotatable bonds is 5. The fourth-order valence-electron chi connectivity index (χ4n) is 2.51. The molecule has 4 heteroatoms. The molecule has 1 aliphatic rings. The highest BCUT2D eigenvalue weighted by Gasteiger charge is 2.08. The number of hydrogen-bond acceptors (Lipinski definition) is 3. The molecule has 0 saturated heterocycles. The number of benzene rings is 2. The zero-order chi connectivity index (χ0) is 18.2. The Bertz CT molecular complexity index is 862. The third-order valence-electron chi connectivity index (χ3n) is 3.96. The third kappa shape index (κ3) is 4.83. The first kappa shape index (κ1) is 18.0. The van der Waals surface area contributed by atoms with E-state index in [1.54, 1.807) is 10.5 Å². The highest BCUT2D eigenvalue weighted by molar-refractivity contribution is 7.96. The molecule has 130 valence electrons. The quantitative estimate of drug-likeness (QED) is 0.433. The second-order valence-electron chi connectivity index (χ2n) is 5.84. The van der Waals surface area contributed by atoms with Crippen LogP contribution in [0.5, 0.6) is 0 Å². The van der Waals surface area contributed by atoms with Crippen LogP contribution in [0.2, 0.25) is 0 Å². The summed E-state index contributed by atoms with van der Waals surface area (Å²) in [5.41, 5.74) is 4.25. The molecule has 3 rings (SSSR count). The van der Waals surface area contributed by atoms with Crippen molar-refractivity contribution in [3.8, 4) is 0 Å². The Hall–Kier alpha value is -2.85. The average molecular weight is 359 g/mol. The summed E-state index contributed by atoms with van der Waals surface area (Å²) in [6.45, 7) is 0. The van der Waals surface area contributed by atoms with E-state index in [9.17, 15) is 0 Å². The van der Waals surface area contributed by atoms with Crippen LogP contribution in [0.1, 0.15) is 23.1 Å². The molecule has 1 aliphatic carbocycles. The lowest BCUT2D eigenvalue weighted by molar-refractivity contribution is 0.836. The van der Waals surface area contributed by atoms with Gasteiger partial charge in [0, 0.05) is 18.8 Å². The molecule has 0 saturated carbocycles. The number of hydrogen-bond donors (Lipinski definition) is 1. The second kappa shape index (κ2) is 9.02. The molecule has 0 heterocycles. The van der Waals surface area contributed by atoms with Gasteiger partial charge in [0.05, 0.1) is 12.1 Å². The van der Waals surface area contributed by atoms with E-state index < -0.39 is 0 Å². The lowest BCUT2D eigenvalue weighted by atomic mass is 10.0. The number of nitrogens with zero attached hydrogens (tertiary/aromatic N) is 2. The summed E-state index contributed by atoms with van der Waals surface area (Å²) in [6, 6.07) is 18.0. The molecule has 0 spiro atoms. The zero-order valence-electron chi connectivity index (χ0n) is 14.7. The summed E-state index contributed by atoms with van der Waals surface area (Å²) in [5.74, 6) is 0.428. The number of amidine groups is 1. The van der Waals surface area contributed by atoms with Crippen LogP contribution in [0, 0.1) is 5.41 Å². The van der Waals surface area contributed by atoms with Gasteiger partial charge < -0.3 is 0 Å². The van der Waals surface area contributed by atoms with Crippen LogP contribution in [0.25, 0.3) is 5.57 Å². The van der Waals surface area contributed by atoms with Crippen molar-refractivity contribution in [1.29, 1.82) is 5.41 Å². The Labute approximate surface area is 159 Å². The smallest absolute Gasteiger partial charge is 0.139 e. The summed E-state index contributed by atoms with van der Waals surface area (Å²) in [6.07, 6.45) is 13.4. The van der Waals surface area contributed by atoms with E-state index in [0.29, 0.717) is 5.84 Å². The standard InChI is InChI=1S/C22H21N3S/c1-25(26-24-17-18-9-5-4-6-10-18)22(23)21-15-13-20(14-16-21)19-11-7-2-3-8-12-19/h2,4-17,23H,3H2,1H3/b23-22?,24-17+. The van der Waals surface area contributed by atoms with Crippen LogP contribution in [-0.4, -0.2) is 23.4 Å². The topological polar surface area (TPSA) is 39.5 Å². The monoisotopic (exact) mass is 359 g/mol. The van der Waals surface area contributed by atoms with Gasteiger partial charge >= 0.3 is 0 Å². The zero-order valence-corrected chi connectivity index (χ0v) is 15.5. The van der Waals surface area contributed by atoms with Gasteiger partial charge in [-0.05, 0) is 23.1 Å². The van der Waals surface area contributed by atoms with Gasteiger partial charge in [0.2, 0.25) is 0 Å². The maximum Gasteiger partial charge on any atom is 0.139 e. The highest BCUT2D eigenvalue weighted by atomic mass is 32.2. The molecule has 0 bridgehead atoms. The van der Waals surface area contributed by atoms with E-state index in [2.05, 4.69) is 46.9 Å². The van der Waals surface area contributed by atoms with E-state index >= 15 is 0 Å². The second-order valence-corrected chi connectivity index (χ2v) is 6.76. The predicted octanol–water partition coefficient (Wildman–Crippen LogP) is 5.53. The minimum atomic E-state index is 0.428. The summed E-state index contributed by atoms with van der Waals surface area (Å²) in [7, 11) is 1.85. The van der Waals surface area contributed by atoms with Crippen molar-refractivity contribution in [2.45, 2.75) is 6.42 Å². The predicted molar refractivity (Wildman–Crippen MR) is 114 cm³/mol. The van der Waals surface area contributed by atoms with Crippen molar-refractivity contribution in [2.24, 2.45) is 4.40 Å². The van der Waals surface area contributed by atoms with Gasteiger partial charge in [0.25, 0.3) is 0 Å². The number of nitrogens with one attached hydrogen (secondary N) is 1. The summed E-state index contributed by atoms with van der Waals surface area (Å²) in [4.78, 5) is 0. The Balaban J connectivity index is 1.63. The van der Waals surface area contributed by atoms with E-state index in [1.165, 1.54) is 17.7 Å². The van der Waals surface area contributed by atoms with Crippen LogP contribution in [-0.2, 0) is 0 Å². The van der Waals surface area contributed by atoms with Gasteiger partial charge in [-0.2, -0.15) is 0 Å². The molecule has 2 aromatic rings. The van der Waals surface area contributed by atoms with Gasteiger partial charge in [-0.25, -0.2) is 4.40 Å². The Kier molecular flexibility index (Phi) is 6.23. The van der Waals surface area contributed by atoms with E-state index in [-0.39, 0.29) is 0 Å². The first-order valence-electron chi connectivity index (χ1n) is 8.46. The van der Waals surface area contributed by atoms with Gasteiger partial charge in [-0.3, -0.25) is 9.71 Å². The van der Waals surface area contributed by atoms with Crippen LogP contribution >= 0.6 is 12.1 Å². The normalized spacial score (nSPS) is 13.5. The third-order valence-corrected chi connectivity index (χ3v) is 4.59. The molecule has 1 N–H and O–H groups in total. The maximum absolute atomic E-state index is 8.36. The van der Waals surface area contributed by atoms with E-state index in [1.807, 2.05) is 49.5 Å². The minimum absolute atomic E-state index is 0.428. The molecule has 0 unspecified atom stereocenters. The lowest BCUT2D eigenvalue weighted by Gasteiger charge is -2.15. The molecule has 2 aromatic carbocycles. The van der Waals surface area contributed by atoms with Crippen LogP contribution in [0.3, 0.4) is 0 Å². The first-order valence-corrected chi connectivity index (χ1v) is 9.19. The average Bonchev–Trinajstić information content (AvgIpc) is 2.98. The molecule has 0 aromatic heterocycles. The van der Waals surface area contributed by atoms with Crippen LogP contribution < -0.4 is 0 Å². The fraction of sp³-hybridized carbons (Fsp3) is 0.0909. The van der Waals surface area contributed by atoms with Crippen molar-refractivity contribution in [2.75, 3.05) is 7.05 Å². The molecule has 0 atom stereocenters. The summed E-state index contributed by atoms with van der Waals surface area (Å²) >= 11 is 1.26. The van der Waals surface area contributed by atoms with E-state index in [0.717, 1.165) is 23.1 Å². The van der Waals surface area contributed by atoms with Gasteiger partial charge in [0.1, 0.15) is 5.84 Å². The molecule has 0 aliphatic heterocycles. The number of allylic oxidation sites excluding steroid dienone is 6. The summed E-state index contributed by atoms with van der Waals surface area (Å²) in [5, 5.41) is 8.36. The molecule has 0 amide bonds. The Morgan fingerprint density at radius 2 is 1.85 bits per heavy atom. The Morgan fingerprint density at radius 1 is 1.08 bits per heavy atom. The maximum atomic E-state index is 8.36. The van der Waals surface area contributed by atoms with Gasteiger partial charge in [0.15, 0.2) is 0 Å². The summed E-state index contributed by atoms with van der Waals surface area (Å²) < 4.78 is 6.09. The van der Waals surface area contributed by atoms with Gasteiger partial charge in [-0.1, -0.05) is 85.0 Å². The van der Waals surface area contributed by atoms with Crippen LogP contribution in [0.15, 0.2) is 89.4 Å². The molecular formula is C22H21N3S. The SMILES string of the molecule is CN(S/N=C/c1ccccc1)C(=N)c1ccc(C2=CC=CCC=C2)cc1. The Morgan fingerprint density at radius 3 is 2.62 bits per heavy atom. The fourth-order valence-corrected chi connectivity index (χ4v) is 3.01. The van der Waals surface area contributed by atoms with Crippen molar-refractivity contribution >= 4 is 29.8 Å². The van der Waals surface area contributed by atoms with Crippen molar-refractivity contribution in [3.63, 3.8) is 0 Å². The van der Waals surface area contributed by atoms with E-state index in [4.69, 9.17) is 5.41 Å². The molecule has 0 fully saturated rings. The first-order chi connectivity index (χ1) is 12.7. The van der Waals surface area contributed by atoms with Gasteiger partial charge in [-0.15, -0.1) is 0 Å². The molecular weight excluding hydrogens is 338 g/mol. The van der Waals surface area contributed by atoms with Crippen molar-refractivity contribution in [3.05, 3.63) is 102 Å². The van der Waals surface area contributed by atoms with Crippen molar-refractivity contribution < 1.29 is 0 Å².